The van der Waals surface area contributed by atoms with E-state index in [0.29, 0.717) is 16.9 Å². The third-order valence-electron chi connectivity index (χ3n) is 3.89. The second-order valence-corrected chi connectivity index (χ2v) is 8.51. The number of benzene rings is 2. The molecule has 1 unspecified atom stereocenters. The summed E-state index contributed by atoms with van der Waals surface area (Å²) in [7, 11) is 0.875. The maximum Gasteiger partial charge on any atom is 0.175 e. The molecule has 0 aliphatic rings. The molecule has 0 radical (unpaired) electrons. The Bertz CT molecular complexity index is 954. The van der Waals surface area contributed by atoms with Crippen LogP contribution in [-0.2, 0) is 19.4 Å². The van der Waals surface area contributed by atoms with E-state index in [9.17, 15) is 13.2 Å². The average molecular weight is 388 g/mol. The van der Waals surface area contributed by atoms with Crippen LogP contribution in [0.3, 0.4) is 0 Å². The lowest BCUT2D eigenvalue weighted by Crippen LogP contribution is -1.99. The number of carbonyl (C=O) groups is 1. The molecule has 0 amide bonds. The molecule has 0 spiro atoms. The molecular formula is C20H21O4PS. The first-order valence-electron chi connectivity index (χ1n) is 7.84. The van der Waals surface area contributed by atoms with Crippen molar-refractivity contribution < 1.29 is 17.9 Å². The molecule has 6 heteroatoms. The second kappa shape index (κ2) is 8.43. The van der Waals surface area contributed by atoms with E-state index >= 15 is 0 Å². The average Bonchev–Trinajstić information content (AvgIpc) is 2.62. The van der Waals surface area contributed by atoms with Crippen LogP contribution in [0.1, 0.15) is 18.1 Å². The molecular weight excluding hydrogens is 367 g/mol. The van der Waals surface area contributed by atoms with E-state index in [1.807, 2.05) is 24.3 Å². The van der Waals surface area contributed by atoms with Crippen molar-refractivity contribution in [1.82, 2.24) is 0 Å². The molecule has 0 aliphatic carbocycles. The predicted molar refractivity (Wildman–Crippen MR) is 109 cm³/mol. The van der Waals surface area contributed by atoms with Crippen LogP contribution in [-0.4, -0.2) is 28.1 Å². The summed E-state index contributed by atoms with van der Waals surface area (Å²) in [6.07, 6.45) is 3.74. The van der Waals surface area contributed by atoms with Gasteiger partial charge in [-0.1, -0.05) is 36.4 Å². The lowest BCUT2D eigenvalue weighted by Gasteiger charge is -2.11. The minimum atomic E-state index is -3.28. The van der Waals surface area contributed by atoms with Gasteiger partial charge in [0, 0.05) is 11.8 Å². The number of allylic oxidation sites excluding steroid dienone is 4. The van der Waals surface area contributed by atoms with Crippen LogP contribution in [0, 0.1) is 0 Å². The predicted octanol–water partition coefficient (Wildman–Crippen LogP) is 3.25. The van der Waals surface area contributed by atoms with Crippen molar-refractivity contribution in [3.63, 3.8) is 0 Å². The maximum atomic E-state index is 11.9. The number of ether oxygens (including phenoxy) is 1. The van der Waals surface area contributed by atoms with Crippen molar-refractivity contribution in [2.75, 3.05) is 13.4 Å². The number of carbonyl (C=O) groups excluding carboxylic acids is 1. The summed E-state index contributed by atoms with van der Waals surface area (Å²) >= 11 is 0. The molecule has 0 bridgehead atoms. The Balaban J connectivity index is 2.69. The standard InChI is InChI=1S/C20H21O4PS/c1-14(24-2)12-19(15-6-10-18(11-7-15)26(3,22)23)20(13-21)16-4-8-17(25)9-5-16/h4-13H,25H2,1-3H3/b14-12-,20-19-. The van der Waals surface area contributed by atoms with Gasteiger partial charge in [0.15, 0.2) is 16.1 Å². The van der Waals surface area contributed by atoms with Crippen LogP contribution in [0.15, 0.2) is 65.3 Å². The molecule has 2 aromatic rings. The molecule has 0 aliphatic heterocycles. The van der Waals surface area contributed by atoms with E-state index in [2.05, 4.69) is 9.24 Å². The summed E-state index contributed by atoms with van der Waals surface area (Å²) in [5.41, 5.74) is 2.66. The summed E-state index contributed by atoms with van der Waals surface area (Å²) in [6, 6.07) is 14.0. The first kappa shape index (κ1) is 20.1. The van der Waals surface area contributed by atoms with Gasteiger partial charge < -0.3 is 4.74 Å². The van der Waals surface area contributed by atoms with Gasteiger partial charge in [-0.05, 0) is 47.1 Å². The molecule has 26 heavy (non-hydrogen) atoms. The minimum absolute atomic E-state index is 0.230. The molecule has 0 saturated heterocycles. The second-order valence-electron chi connectivity index (χ2n) is 5.82. The van der Waals surface area contributed by atoms with E-state index in [-0.39, 0.29) is 4.90 Å². The van der Waals surface area contributed by atoms with Crippen molar-refractivity contribution in [2.45, 2.75) is 11.8 Å². The van der Waals surface area contributed by atoms with Gasteiger partial charge in [0.2, 0.25) is 0 Å². The van der Waals surface area contributed by atoms with Gasteiger partial charge in [-0.15, -0.1) is 9.24 Å². The third-order valence-corrected chi connectivity index (χ3v) is 5.41. The van der Waals surface area contributed by atoms with E-state index in [1.165, 1.54) is 12.1 Å². The number of hydrogen-bond acceptors (Lipinski definition) is 4. The number of hydrogen-bond donors (Lipinski definition) is 0. The topological polar surface area (TPSA) is 60.4 Å². The zero-order valence-electron chi connectivity index (χ0n) is 14.9. The zero-order chi connectivity index (χ0) is 19.3. The van der Waals surface area contributed by atoms with Crippen LogP contribution < -0.4 is 5.30 Å². The van der Waals surface area contributed by atoms with Gasteiger partial charge in [-0.3, -0.25) is 4.79 Å². The van der Waals surface area contributed by atoms with Crippen LogP contribution in [0.5, 0.6) is 0 Å². The summed E-state index contributed by atoms with van der Waals surface area (Å²) in [4.78, 5) is 12.1. The van der Waals surface area contributed by atoms with Crippen LogP contribution in [0.2, 0.25) is 0 Å². The summed E-state index contributed by atoms with van der Waals surface area (Å²) in [5, 5.41) is 1.02. The largest absolute Gasteiger partial charge is 0.501 e. The Hall–Kier alpha value is -2.23. The summed E-state index contributed by atoms with van der Waals surface area (Å²) < 4.78 is 28.6. The third kappa shape index (κ3) is 4.90. The fraction of sp³-hybridized carbons (Fsp3) is 0.150. The molecule has 2 aromatic carbocycles. The van der Waals surface area contributed by atoms with Crippen molar-refractivity contribution >= 4 is 41.8 Å². The van der Waals surface area contributed by atoms with Crippen molar-refractivity contribution in [2.24, 2.45) is 0 Å². The Morgan fingerprint density at radius 1 is 0.962 bits per heavy atom. The lowest BCUT2D eigenvalue weighted by atomic mass is 9.95. The minimum Gasteiger partial charge on any atom is -0.501 e. The van der Waals surface area contributed by atoms with E-state index in [0.717, 1.165) is 29.0 Å². The molecule has 0 N–H and O–H groups in total. The molecule has 2 rings (SSSR count). The van der Waals surface area contributed by atoms with Gasteiger partial charge in [-0.25, -0.2) is 8.42 Å². The lowest BCUT2D eigenvalue weighted by molar-refractivity contribution is -0.103. The van der Waals surface area contributed by atoms with Gasteiger partial charge in [-0.2, -0.15) is 0 Å². The first-order chi connectivity index (χ1) is 12.3. The van der Waals surface area contributed by atoms with Crippen LogP contribution in [0.4, 0.5) is 0 Å². The van der Waals surface area contributed by atoms with Crippen molar-refractivity contribution in [3.05, 3.63) is 71.5 Å². The zero-order valence-corrected chi connectivity index (χ0v) is 16.9. The molecule has 4 nitrogen and oxygen atoms in total. The Kier molecular flexibility index (Phi) is 6.52. The molecule has 0 heterocycles. The molecule has 136 valence electrons. The Morgan fingerprint density at radius 2 is 1.46 bits per heavy atom. The summed E-state index contributed by atoms with van der Waals surface area (Å²) in [5.74, 6) is 0.634. The number of rotatable bonds is 6. The molecule has 0 fully saturated rings. The van der Waals surface area contributed by atoms with Crippen molar-refractivity contribution in [1.29, 1.82) is 0 Å². The number of methoxy groups -OCH3 is 1. The van der Waals surface area contributed by atoms with Crippen molar-refractivity contribution in [3.8, 4) is 0 Å². The normalized spacial score (nSPS) is 13.2. The highest BCUT2D eigenvalue weighted by molar-refractivity contribution is 7.90. The monoisotopic (exact) mass is 388 g/mol. The Labute approximate surface area is 156 Å². The van der Waals surface area contributed by atoms with Gasteiger partial charge in [0.1, 0.15) is 0 Å². The van der Waals surface area contributed by atoms with Gasteiger partial charge in [0.05, 0.1) is 17.8 Å². The first-order valence-corrected chi connectivity index (χ1v) is 10.3. The fourth-order valence-electron chi connectivity index (χ4n) is 2.41. The maximum absolute atomic E-state index is 11.9. The van der Waals surface area contributed by atoms with Gasteiger partial charge in [0.25, 0.3) is 0 Å². The number of aldehydes is 1. The van der Waals surface area contributed by atoms with Crippen LogP contribution >= 0.6 is 9.24 Å². The molecule has 0 aromatic heterocycles. The highest BCUT2D eigenvalue weighted by Gasteiger charge is 2.12. The Morgan fingerprint density at radius 3 is 1.92 bits per heavy atom. The smallest absolute Gasteiger partial charge is 0.175 e. The number of sulfone groups is 1. The van der Waals surface area contributed by atoms with E-state index in [4.69, 9.17) is 4.74 Å². The fourth-order valence-corrected chi connectivity index (χ4v) is 3.23. The SMILES string of the molecule is CO/C(C)=C\C(=C(/C=O)c1ccc(P)cc1)c1ccc(S(C)(=O)=O)cc1. The highest BCUT2D eigenvalue weighted by atomic mass is 32.2. The van der Waals surface area contributed by atoms with E-state index < -0.39 is 9.84 Å². The highest BCUT2D eigenvalue weighted by Crippen LogP contribution is 2.28. The van der Waals surface area contributed by atoms with Crippen LogP contribution in [0.25, 0.3) is 11.1 Å². The summed E-state index contributed by atoms with van der Waals surface area (Å²) in [6.45, 7) is 1.79. The quantitative estimate of drug-likeness (QED) is 0.190. The van der Waals surface area contributed by atoms with Gasteiger partial charge >= 0.3 is 0 Å². The van der Waals surface area contributed by atoms with E-state index in [1.54, 1.807) is 32.2 Å². The molecule has 1 atom stereocenters. The molecule has 0 saturated carbocycles.